The third-order valence-electron chi connectivity index (χ3n) is 3.91. The van der Waals surface area contributed by atoms with Gasteiger partial charge in [0.2, 0.25) is 10.0 Å². The van der Waals surface area contributed by atoms with Gasteiger partial charge in [0.1, 0.15) is 18.0 Å². The Balaban J connectivity index is 1.96. The summed E-state index contributed by atoms with van der Waals surface area (Å²) in [4.78, 5) is 12.2. The van der Waals surface area contributed by atoms with Crippen molar-refractivity contribution >= 4 is 27.8 Å². The molecule has 2 aromatic carbocycles. The topological polar surface area (TPSA) is 97.3 Å². The van der Waals surface area contributed by atoms with Crippen LogP contribution in [0.4, 0.5) is 5.69 Å². The molecule has 0 aliphatic carbocycles. The summed E-state index contributed by atoms with van der Waals surface area (Å²) < 4.78 is 35.9. The lowest BCUT2D eigenvalue weighted by molar-refractivity contribution is -0.119. The number of carbonyl (C=O) groups is 1. The molecule has 2 rings (SSSR count). The van der Waals surface area contributed by atoms with Crippen molar-refractivity contribution in [3.63, 3.8) is 0 Å². The van der Waals surface area contributed by atoms with Crippen LogP contribution in [0.25, 0.3) is 0 Å². The van der Waals surface area contributed by atoms with Crippen LogP contribution in [0.3, 0.4) is 0 Å². The van der Waals surface area contributed by atoms with E-state index >= 15 is 0 Å². The van der Waals surface area contributed by atoms with E-state index in [1.165, 1.54) is 13.3 Å². The predicted octanol–water partition coefficient (Wildman–Crippen LogP) is 2.65. The van der Waals surface area contributed by atoms with Gasteiger partial charge in [-0.15, -0.1) is 0 Å². The number of hydrogen-bond donors (Lipinski definition) is 1. The van der Waals surface area contributed by atoms with E-state index in [-0.39, 0.29) is 0 Å². The number of benzene rings is 2. The summed E-state index contributed by atoms with van der Waals surface area (Å²) in [7, 11) is -2.15. The van der Waals surface area contributed by atoms with Gasteiger partial charge in [-0.3, -0.25) is 9.10 Å². The molecule has 2 aromatic rings. The van der Waals surface area contributed by atoms with Crippen molar-refractivity contribution in [3.8, 4) is 11.5 Å². The predicted molar refractivity (Wildman–Crippen MR) is 118 cm³/mol. The maximum absolute atomic E-state index is 12.2. The zero-order valence-electron chi connectivity index (χ0n) is 17.5. The maximum Gasteiger partial charge on any atom is 0.260 e. The maximum atomic E-state index is 12.2. The van der Waals surface area contributed by atoms with Crippen LogP contribution in [0.2, 0.25) is 0 Å². The molecule has 0 heterocycles. The standard InChI is InChI=1S/C21H27N3O5S/c1-16(2)15-29-20-9-5-17(6-10-20)13-22-23-21(25)14-24(30(4,26)27)18-7-11-19(28-3)12-8-18/h5-13,16H,14-15H2,1-4H3,(H,23,25)/b22-13-. The fourth-order valence-electron chi connectivity index (χ4n) is 2.41. The Kier molecular flexibility index (Phi) is 8.23. The van der Waals surface area contributed by atoms with Gasteiger partial charge >= 0.3 is 0 Å². The van der Waals surface area contributed by atoms with E-state index in [1.807, 2.05) is 24.3 Å². The average molecular weight is 434 g/mol. The second kappa shape index (κ2) is 10.6. The molecule has 0 radical (unpaired) electrons. The molecule has 9 heteroatoms. The lowest BCUT2D eigenvalue weighted by Gasteiger charge is -2.21. The number of rotatable bonds is 10. The van der Waals surface area contributed by atoms with Crippen LogP contribution >= 0.6 is 0 Å². The first-order valence-electron chi connectivity index (χ1n) is 9.35. The lowest BCUT2D eigenvalue weighted by atomic mass is 10.2. The van der Waals surface area contributed by atoms with Crippen LogP contribution in [0, 0.1) is 5.92 Å². The van der Waals surface area contributed by atoms with Gasteiger partial charge in [0, 0.05) is 0 Å². The van der Waals surface area contributed by atoms with Crippen LogP contribution in [0.1, 0.15) is 19.4 Å². The van der Waals surface area contributed by atoms with Gasteiger partial charge in [-0.2, -0.15) is 5.10 Å². The van der Waals surface area contributed by atoms with Gasteiger partial charge in [0.15, 0.2) is 0 Å². The number of nitrogens with zero attached hydrogens (tertiary/aromatic N) is 2. The molecule has 0 bridgehead atoms. The van der Waals surface area contributed by atoms with Crippen LogP contribution in [-0.4, -0.2) is 47.1 Å². The van der Waals surface area contributed by atoms with E-state index in [0.29, 0.717) is 24.0 Å². The molecular weight excluding hydrogens is 406 g/mol. The number of sulfonamides is 1. The smallest absolute Gasteiger partial charge is 0.260 e. The van der Waals surface area contributed by atoms with E-state index in [2.05, 4.69) is 24.4 Å². The third-order valence-corrected chi connectivity index (χ3v) is 5.05. The lowest BCUT2D eigenvalue weighted by Crippen LogP contribution is -2.39. The molecular formula is C21H27N3O5S. The molecule has 0 unspecified atom stereocenters. The van der Waals surface area contributed by atoms with Gasteiger partial charge < -0.3 is 9.47 Å². The molecule has 30 heavy (non-hydrogen) atoms. The number of methoxy groups -OCH3 is 1. The SMILES string of the molecule is COc1ccc(N(CC(=O)N/N=C\c2ccc(OCC(C)C)cc2)S(C)(=O)=O)cc1. The number of nitrogens with one attached hydrogen (secondary N) is 1. The quantitative estimate of drug-likeness (QED) is 0.459. The molecule has 0 saturated heterocycles. The molecule has 162 valence electrons. The van der Waals surface area contributed by atoms with Crippen LogP contribution in [-0.2, 0) is 14.8 Å². The highest BCUT2D eigenvalue weighted by molar-refractivity contribution is 7.92. The van der Waals surface area contributed by atoms with Crippen molar-refractivity contribution in [3.05, 3.63) is 54.1 Å². The molecule has 0 aliphatic rings. The first kappa shape index (κ1) is 23.2. The summed E-state index contributed by atoms with van der Waals surface area (Å²) in [6.45, 7) is 4.38. The summed E-state index contributed by atoms with van der Waals surface area (Å²) in [5.74, 6) is 1.21. The van der Waals surface area contributed by atoms with E-state index in [9.17, 15) is 13.2 Å². The number of hydrogen-bond acceptors (Lipinski definition) is 6. The van der Waals surface area contributed by atoms with Crippen molar-refractivity contribution in [1.29, 1.82) is 0 Å². The fourth-order valence-corrected chi connectivity index (χ4v) is 3.26. The summed E-state index contributed by atoms with van der Waals surface area (Å²) in [5.41, 5.74) is 3.47. The molecule has 0 saturated carbocycles. The van der Waals surface area contributed by atoms with Crippen molar-refractivity contribution in [2.45, 2.75) is 13.8 Å². The molecule has 1 N–H and O–H groups in total. The van der Waals surface area contributed by atoms with Gasteiger partial charge in [0.25, 0.3) is 5.91 Å². The Bertz CT molecular complexity index is 955. The van der Waals surface area contributed by atoms with Gasteiger partial charge in [-0.25, -0.2) is 13.8 Å². The van der Waals surface area contributed by atoms with E-state index in [1.54, 1.807) is 24.3 Å². The molecule has 0 aliphatic heterocycles. The van der Waals surface area contributed by atoms with Crippen molar-refractivity contribution in [2.75, 3.05) is 30.8 Å². The minimum atomic E-state index is -3.66. The van der Waals surface area contributed by atoms with Crippen molar-refractivity contribution in [2.24, 2.45) is 11.0 Å². The van der Waals surface area contributed by atoms with Gasteiger partial charge in [-0.1, -0.05) is 13.8 Å². The van der Waals surface area contributed by atoms with Crippen LogP contribution in [0.15, 0.2) is 53.6 Å². The summed E-state index contributed by atoms with van der Waals surface area (Å²) in [6.07, 6.45) is 2.51. The minimum Gasteiger partial charge on any atom is -0.497 e. The number of hydrazone groups is 1. The first-order valence-corrected chi connectivity index (χ1v) is 11.2. The second-order valence-corrected chi connectivity index (χ2v) is 8.94. The van der Waals surface area contributed by atoms with E-state index in [0.717, 1.165) is 21.9 Å². The fraction of sp³-hybridized carbons (Fsp3) is 0.333. The molecule has 0 fully saturated rings. The summed E-state index contributed by atoms with van der Waals surface area (Å²) in [5, 5.41) is 3.89. The third kappa shape index (κ3) is 7.40. The molecule has 8 nitrogen and oxygen atoms in total. The number of anilines is 1. The van der Waals surface area contributed by atoms with Crippen LogP contribution < -0.4 is 19.2 Å². The second-order valence-electron chi connectivity index (χ2n) is 7.03. The highest BCUT2D eigenvalue weighted by Gasteiger charge is 2.20. The molecule has 0 atom stereocenters. The van der Waals surface area contributed by atoms with E-state index < -0.39 is 22.5 Å². The van der Waals surface area contributed by atoms with Crippen LogP contribution in [0.5, 0.6) is 11.5 Å². The van der Waals surface area contributed by atoms with Crippen molar-refractivity contribution < 1.29 is 22.7 Å². The Morgan fingerprint density at radius 1 is 1.10 bits per heavy atom. The van der Waals surface area contributed by atoms with Gasteiger partial charge in [-0.05, 0) is 60.0 Å². The Morgan fingerprint density at radius 2 is 1.70 bits per heavy atom. The molecule has 1 amide bonds. The van der Waals surface area contributed by atoms with Crippen molar-refractivity contribution in [1.82, 2.24) is 5.43 Å². The highest BCUT2D eigenvalue weighted by atomic mass is 32.2. The van der Waals surface area contributed by atoms with E-state index in [4.69, 9.17) is 9.47 Å². The number of ether oxygens (including phenoxy) is 2. The monoisotopic (exact) mass is 433 g/mol. The minimum absolute atomic E-state index is 0.356. The molecule has 0 spiro atoms. The van der Waals surface area contributed by atoms with Gasteiger partial charge in [0.05, 0.1) is 31.9 Å². The Morgan fingerprint density at radius 3 is 2.23 bits per heavy atom. The Labute approximate surface area is 177 Å². The molecule has 0 aromatic heterocycles. The first-order chi connectivity index (χ1) is 14.2. The largest absolute Gasteiger partial charge is 0.497 e. The highest BCUT2D eigenvalue weighted by Crippen LogP contribution is 2.21. The Hall–Kier alpha value is -3.07. The average Bonchev–Trinajstić information content (AvgIpc) is 2.70. The normalized spacial score (nSPS) is 11.5. The number of carbonyl (C=O) groups excluding carboxylic acids is 1. The zero-order chi connectivity index (χ0) is 22.1. The number of amides is 1. The summed E-state index contributed by atoms with van der Waals surface area (Å²) in [6, 6.07) is 13.6. The zero-order valence-corrected chi connectivity index (χ0v) is 18.3. The summed E-state index contributed by atoms with van der Waals surface area (Å²) >= 11 is 0.